The first kappa shape index (κ1) is 19.2. The van der Waals surface area contributed by atoms with E-state index in [9.17, 15) is 9.59 Å². The number of carbonyl (C=O) groups excluding carboxylic acids is 1. The third-order valence-electron chi connectivity index (χ3n) is 4.33. The first-order chi connectivity index (χ1) is 12.1. The molecule has 0 atom stereocenters. The zero-order valence-corrected chi connectivity index (χ0v) is 15.8. The number of carbonyl (C=O) groups is 1. The zero-order valence-electron chi connectivity index (χ0n) is 15.0. The van der Waals surface area contributed by atoms with Crippen molar-refractivity contribution in [2.75, 3.05) is 12.8 Å². The van der Waals surface area contributed by atoms with Crippen molar-refractivity contribution in [1.29, 1.82) is 0 Å². The molecule has 2 rings (SSSR count). The number of benzene rings is 1. The summed E-state index contributed by atoms with van der Waals surface area (Å²) >= 11 is 1.34. The van der Waals surface area contributed by atoms with Gasteiger partial charge >= 0.3 is 0 Å². The van der Waals surface area contributed by atoms with Gasteiger partial charge in [-0.15, -0.1) is 0 Å². The molecule has 6 heteroatoms. The molecule has 0 saturated carbocycles. The molecule has 2 aromatic rings. The van der Waals surface area contributed by atoms with E-state index in [0.29, 0.717) is 11.7 Å². The van der Waals surface area contributed by atoms with Gasteiger partial charge in [0.1, 0.15) is 5.56 Å². The molecule has 1 N–H and O–H groups in total. The number of nitrogens with zero attached hydrogens (tertiary/aromatic N) is 2. The van der Waals surface area contributed by atoms with Crippen molar-refractivity contribution in [1.82, 2.24) is 14.9 Å². The molecule has 0 aliphatic heterocycles. The number of rotatable bonds is 8. The number of H-pyrrole nitrogens is 1. The lowest BCUT2D eigenvalue weighted by molar-refractivity contribution is 0.0667. The van der Waals surface area contributed by atoms with E-state index in [1.54, 1.807) is 0 Å². The average Bonchev–Trinajstić information content (AvgIpc) is 2.65. The van der Waals surface area contributed by atoms with Gasteiger partial charge in [-0.2, -0.15) is 0 Å². The lowest BCUT2D eigenvalue weighted by Gasteiger charge is -2.30. The van der Waals surface area contributed by atoms with E-state index in [1.165, 1.54) is 23.5 Å². The monoisotopic (exact) mass is 359 g/mol. The van der Waals surface area contributed by atoms with Crippen LogP contribution in [-0.4, -0.2) is 39.6 Å². The molecule has 0 aliphatic rings. The highest BCUT2D eigenvalue weighted by atomic mass is 32.2. The molecular formula is C19H25N3O2S. The molecule has 25 heavy (non-hydrogen) atoms. The molecule has 5 nitrogen and oxygen atoms in total. The highest BCUT2D eigenvalue weighted by molar-refractivity contribution is 7.98. The Balaban J connectivity index is 2.25. The predicted molar refractivity (Wildman–Crippen MR) is 102 cm³/mol. The number of aromatic amines is 1. The molecule has 1 aromatic carbocycles. The molecule has 1 aromatic heterocycles. The summed E-state index contributed by atoms with van der Waals surface area (Å²) in [6.45, 7) is 4.71. The smallest absolute Gasteiger partial charge is 0.264 e. The van der Waals surface area contributed by atoms with Gasteiger partial charge < -0.3 is 9.88 Å². The van der Waals surface area contributed by atoms with Gasteiger partial charge in [0, 0.05) is 18.8 Å². The second-order valence-electron chi connectivity index (χ2n) is 5.84. The summed E-state index contributed by atoms with van der Waals surface area (Å²) in [7, 11) is 0. The van der Waals surface area contributed by atoms with E-state index in [1.807, 2.05) is 29.4 Å². The minimum Gasteiger partial charge on any atom is -0.335 e. The van der Waals surface area contributed by atoms with Crippen LogP contribution in [0.25, 0.3) is 0 Å². The molecule has 134 valence electrons. The fraction of sp³-hybridized carbons (Fsp3) is 0.421. The summed E-state index contributed by atoms with van der Waals surface area (Å²) in [5.74, 6) is -0.244. The van der Waals surface area contributed by atoms with Crippen LogP contribution in [-0.2, 0) is 6.42 Å². The van der Waals surface area contributed by atoms with Crippen LogP contribution in [0.2, 0.25) is 0 Å². The summed E-state index contributed by atoms with van der Waals surface area (Å²) in [4.78, 5) is 33.9. The van der Waals surface area contributed by atoms with Crippen molar-refractivity contribution in [2.45, 2.75) is 44.3 Å². The Morgan fingerprint density at radius 3 is 2.48 bits per heavy atom. The maximum atomic E-state index is 13.0. The topological polar surface area (TPSA) is 66.1 Å². The van der Waals surface area contributed by atoms with Crippen LogP contribution in [0.1, 0.15) is 42.6 Å². The number of thioether (sulfide) groups is 1. The van der Waals surface area contributed by atoms with Crippen molar-refractivity contribution < 1.29 is 4.79 Å². The zero-order chi connectivity index (χ0) is 18.2. The van der Waals surface area contributed by atoms with Gasteiger partial charge in [-0.3, -0.25) is 9.59 Å². The van der Waals surface area contributed by atoms with Crippen LogP contribution in [0.5, 0.6) is 0 Å². The maximum Gasteiger partial charge on any atom is 0.264 e. The Labute approximate surface area is 152 Å². The van der Waals surface area contributed by atoms with Gasteiger partial charge in [0.05, 0.1) is 0 Å². The second kappa shape index (κ2) is 9.42. The Bertz CT molecular complexity index is 742. The number of aromatic nitrogens is 2. The van der Waals surface area contributed by atoms with E-state index in [-0.39, 0.29) is 23.1 Å². The van der Waals surface area contributed by atoms with Gasteiger partial charge in [-0.05, 0) is 31.1 Å². The summed E-state index contributed by atoms with van der Waals surface area (Å²) in [6, 6.07) is 10.2. The van der Waals surface area contributed by atoms with Crippen LogP contribution in [0.4, 0.5) is 0 Å². The summed E-state index contributed by atoms with van der Waals surface area (Å²) in [5.41, 5.74) is 0.911. The minimum atomic E-state index is -0.375. The lowest BCUT2D eigenvalue weighted by Crippen LogP contribution is -2.43. The molecule has 0 aliphatic carbocycles. The van der Waals surface area contributed by atoms with E-state index in [0.717, 1.165) is 19.3 Å². The molecule has 0 spiro atoms. The molecule has 0 unspecified atom stereocenters. The third-order valence-corrected chi connectivity index (χ3v) is 4.92. The summed E-state index contributed by atoms with van der Waals surface area (Å²) in [6.07, 6.45) is 5.69. The second-order valence-corrected chi connectivity index (χ2v) is 6.63. The van der Waals surface area contributed by atoms with Gasteiger partial charge in [0.2, 0.25) is 0 Å². The van der Waals surface area contributed by atoms with Crippen molar-refractivity contribution in [2.24, 2.45) is 0 Å². The largest absolute Gasteiger partial charge is 0.335 e. The van der Waals surface area contributed by atoms with Crippen molar-refractivity contribution in [3.05, 3.63) is 58.0 Å². The molecular weight excluding hydrogens is 334 g/mol. The van der Waals surface area contributed by atoms with E-state index >= 15 is 0 Å². The van der Waals surface area contributed by atoms with E-state index in [4.69, 9.17) is 0 Å². The highest BCUT2D eigenvalue weighted by Gasteiger charge is 2.24. The number of nitrogens with one attached hydrogen (secondary N) is 1. The lowest BCUT2D eigenvalue weighted by atomic mass is 10.1. The summed E-state index contributed by atoms with van der Waals surface area (Å²) in [5, 5.41) is 0.514. The van der Waals surface area contributed by atoms with Gasteiger partial charge in [-0.1, -0.05) is 55.9 Å². The molecule has 0 fully saturated rings. The average molecular weight is 359 g/mol. The first-order valence-corrected chi connectivity index (χ1v) is 9.81. The standard InChI is InChI=1S/C19H25N3O2S/c1-4-15(5-2)22(12-11-14-9-7-6-8-10-14)18(24)16-13-20-19(25-3)21-17(16)23/h6-10,13,15H,4-5,11-12H2,1-3H3,(H,20,21,23). The first-order valence-electron chi connectivity index (χ1n) is 8.58. The molecule has 0 saturated heterocycles. The van der Waals surface area contributed by atoms with Gasteiger partial charge in [-0.25, -0.2) is 4.98 Å². The Morgan fingerprint density at radius 1 is 1.24 bits per heavy atom. The fourth-order valence-corrected chi connectivity index (χ4v) is 3.22. The molecule has 0 bridgehead atoms. The molecule has 0 radical (unpaired) electrons. The van der Waals surface area contributed by atoms with Gasteiger partial charge in [0.15, 0.2) is 5.16 Å². The van der Waals surface area contributed by atoms with Crippen LogP contribution in [0.15, 0.2) is 46.5 Å². The van der Waals surface area contributed by atoms with Crippen LogP contribution in [0.3, 0.4) is 0 Å². The van der Waals surface area contributed by atoms with E-state index < -0.39 is 0 Å². The Hall–Kier alpha value is -2.08. The maximum absolute atomic E-state index is 13.0. The van der Waals surface area contributed by atoms with Crippen LogP contribution >= 0.6 is 11.8 Å². The molecule has 1 heterocycles. The van der Waals surface area contributed by atoms with Crippen LogP contribution < -0.4 is 5.56 Å². The Morgan fingerprint density at radius 2 is 1.92 bits per heavy atom. The highest BCUT2D eigenvalue weighted by Crippen LogP contribution is 2.14. The minimum absolute atomic E-state index is 0.107. The number of hydrogen-bond acceptors (Lipinski definition) is 4. The van der Waals surface area contributed by atoms with Crippen molar-refractivity contribution in [3.8, 4) is 0 Å². The predicted octanol–water partition coefficient (Wildman–Crippen LogP) is 3.37. The summed E-state index contributed by atoms with van der Waals surface area (Å²) < 4.78 is 0. The SMILES string of the molecule is CCC(CC)N(CCc1ccccc1)C(=O)c1cnc(SC)[nH]c1=O. The van der Waals surface area contributed by atoms with E-state index in [2.05, 4.69) is 35.9 Å². The fourth-order valence-electron chi connectivity index (χ4n) is 2.86. The van der Waals surface area contributed by atoms with Crippen molar-refractivity contribution in [3.63, 3.8) is 0 Å². The Kier molecular flexibility index (Phi) is 7.25. The molecule has 1 amide bonds. The normalized spacial score (nSPS) is 10.9. The van der Waals surface area contributed by atoms with Gasteiger partial charge in [0.25, 0.3) is 11.5 Å². The third kappa shape index (κ3) is 4.95. The number of amides is 1. The number of hydrogen-bond donors (Lipinski definition) is 1. The van der Waals surface area contributed by atoms with Crippen molar-refractivity contribution >= 4 is 17.7 Å². The quantitative estimate of drug-likeness (QED) is 0.580. The van der Waals surface area contributed by atoms with Crippen LogP contribution in [0, 0.1) is 0 Å².